The molecule has 0 aliphatic carbocycles. The summed E-state index contributed by atoms with van der Waals surface area (Å²) in [5.74, 6) is 0. The molecule has 1 aromatic rings. The normalized spacial score (nSPS) is 26.4. The first-order valence-corrected chi connectivity index (χ1v) is 6.43. The van der Waals surface area contributed by atoms with Crippen LogP contribution in [0.2, 0.25) is 0 Å². The minimum Gasteiger partial charge on any atom is -0.445 e. The van der Waals surface area contributed by atoms with Crippen LogP contribution in [0.25, 0.3) is 0 Å². The minimum atomic E-state index is -1.98. The van der Waals surface area contributed by atoms with Crippen molar-refractivity contribution in [3.8, 4) is 0 Å². The van der Waals surface area contributed by atoms with Gasteiger partial charge in [0.25, 0.3) is 0 Å². The molecule has 1 N–H and O–H groups in total. The van der Waals surface area contributed by atoms with Gasteiger partial charge >= 0.3 is 6.09 Å². The maximum absolute atomic E-state index is 13.7. The standard InChI is InChI=1S/C14H17F2NO3/c15-10-14(19)6-7-17(8-12(14)16)13(18)20-9-11-4-2-1-3-5-11/h1-5,12,19H,6-10H2/t12-,14-/m0/s1. The second-order valence-corrected chi connectivity index (χ2v) is 4.94. The van der Waals surface area contributed by atoms with Gasteiger partial charge in [-0.2, -0.15) is 0 Å². The molecule has 0 aromatic heterocycles. The third-order valence-electron chi connectivity index (χ3n) is 3.47. The Hall–Kier alpha value is -1.69. The summed E-state index contributed by atoms with van der Waals surface area (Å²) in [6, 6.07) is 9.11. The highest BCUT2D eigenvalue weighted by Gasteiger charge is 2.43. The molecule has 6 heteroatoms. The molecule has 1 saturated heterocycles. The van der Waals surface area contributed by atoms with Gasteiger partial charge in [0, 0.05) is 6.54 Å². The third-order valence-corrected chi connectivity index (χ3v) is 3.47. The lowest BCUT2D eigenvalue weighted by atomic mass is 9.91. The van der Waals surface area contributed by atoms with Crippen LogP contribution in [-0.4, -0.2) is 47.6 Å². The number of ether oxygens (including phenoxy) is 1. The summed E-state index contributed by atoms with van der Waals surface area (Å²) < 4.78 is 31.3. The van der Waals surface area contributed by atoms with Crippen molar-refractivity contribution < 1.29 is 23.4 Å². The number of carbonyl (C=O) groups is 1. The molecule has 1 amide bonds. The topological polar surface area (TPSA) is 49.8 Å². The van der Waals surface area contributed by atoms with Crippen LogP contribution in [0.5, 0.6) is 0 Å². The molecule has 1 aromatic carbocycles. The van der Waals surface area contributed by atoms with Gasteiger partial charge in [0.2, 0.25) is 0 Å². The largest absolute Gasteiger partial charge is 0.445 e. The summed E-state index contributed by atoms with van der Waals surface area (Å²) in [6.07, 6.45) is -2.59. The Morgan fingerprint density at radius 1 is 1.45 bits per heavy atom. The predicted molar refractivity (Wildman–Crippen MR) is 68.6 cm³/mol. The highest BCUT2D eigenvalue weighted by atomic mass is 19.1. The van der Waals surface area contributed by atoms with Crippen molar-refractivity contribution >= 4 is 6.09 Å². The predicted octanol–water partition coefficient (Wildman–Crippen LogP) is 2.07. The number of benzene rings is 1. The fourth-order valence-electron chi connectivity index (χ4n) is 2.07. The van der Waals surface area contributed by atoms with Crippen molar-refractivity contribution in [2.24, 2.45) is 0 Å². The lowest BCUT2D eigenvalue weighted by Gasteiger charge is -2.38. The molecule has 1 aliphatic heterocycles. The molecule has 4 nitrogen and oxygen atoms in total. The van der Waals surface area contributed by atoms with Crippen LogP contribution < -0.4 is 0 Å². The smallest absolute Gasteiger partial charge is 0.410 e. The molecular weight excluding hydrogens is 268 g/mol. The van der Waals surface area contributed by atoms with Gasteiger partial charge in [-0.1, -0.05) is 30.3 Å². The van der Waals surface area contributed by atoms with E-state index in [9.17, 15) is 18.7 Å². The van der Waals surface area contributed by atoms with E-state index in [1.807, 2.05) is 30.3 Å². The summed E-state index contributed by atoms with van der Waals surface area (Å²) >= 11 is 0. The maximum atomic E-state index is 13.7. The number of piperidine rings is 1. The molecule has 0 radical (unpaired) electrons. The second kappa shape index (κ2) is 6.17. The van der Waals surface area contributed by atoms with E-state index in [0.29, 0.717) is 0 Å². The van der Waals surface area contributed by atoms with E-state index in [4.69, 9.17) is 4.74 Å². The first kappa shape index (κ1) is 14.7. The summed E-state index contributed by atoms with van der Waals surface area (Å²) in [7, 11) is 0. The number of nitrogens with zero attached hydrogens (tertiary/aromatic N) is 1. The number of hydrogen-bond donors (Lipinski definition) is 1. The van der Waals surface area contributed by atoms with Crippen LogP contribution in [0.3, 0.4) is 0 Å². The average molecular weight is 285 g/mol. The number of halogens is 2. The van der Waals surface area contributed by atoms with E-state index in [0.717, 1.165) is 10.5 Å². The number of amides is 1. The fourth-order valence-corrected chi connectivity index (χ4v) is 2.07. The highest BCUT2D eigenvalue weighted by molar-refractivity contribution is 5.67. The van der Waals surface area contributed by atoms with Gasteiger partial charge in [-0.15, -0.1) is 0 Å². The Bertz CT molecular complexity index is 457. The van der Waals surface area contributed by atoms with Crippen molar-refractivity contribution in [2.45, 2.75) is 24.8 Å². The van der Waals surface area contributed by atoms with Crippen LogP contribution in [0, 0.1) is 0 Å². The van der Waals surface area contributed by atoms with Crippen LogP contribution in [0.4, 0.5) is 13.6 Å². The monoisotopic (exact) mass is 285 g/mol. The SMILES string of the molecule is O=C(OCc1ccccc1)N1CC[C@](O)(CF)[C@@H](F)C1. The zero-order valence-electron chi connectivity index (χ0n) is 11.0. The van der Waals surface area contributed by atoms with Crippen molar-refractivity contribution in [1.29, 1.82) is 0 Å². The van der Waals surface area contributed by atoms with Crippen molar-refractivity contribution in [3.63, 3.8) is 0 Å². The van der Waals surface area contributed by atoms with Crippen LogP contribution >= 0.6 is 0 Å². The van der Waals surface area contributed by atoms with E-state index in [1.165, 1.54) is 0 Å². The zero-order chi connectivity index (χ0) is 14.6. The molecule has 2 rings (SSSR count). The molecule has 0 saturated carbocycles. The molecule has 20 heavy (non-hydrogen) atoms. The average Bonchev–Trinajstić information content (AvgIpc) is 2.48. The Balaban J connectivity index is 1.85. The van der Waals surface area contributed by atoms with Gasteiger partial charge in [-0.3, -0.25) is 0 Å². The number of alkyl halides is 2. The number of carbonyl (C=O) groups excluding carboxylic acids is 1. The Kier molecular flexibility index (Phi) is 4.54. The Morgan fingerprint density at radius 3 is 2.75 bits per heavy atom. The molecule has 110 valence electrons. The second-order valence-electron chi connectivity index (χ2n) is 4.94. The molecule has 0 spiro atoms. The van der Waals surface area contributed by atoms with Crippen molar-refractivity contribution in [3.05, 3.63) is 35.9 Å². The lowest BCUT2D eigenvalue weighted by Crippen LogP contribution is -2.56. The van der Waals surface area contributed by atoms with Gasteiger partial charge < -0.3 is 14.7 Å². The maximum Gasteiger partial charge on any atom is 0.410 e. The van der Waals surface area contributed by atoms with E-state index in [2.05, 4.69) is 0 Å². The number of aliphatic hydroxyl groups is 1. The van der Waals surface area contributed by atoms with Crippen molar-refractivity contribution in [1.82, 2.24) is 4.90 Å². The first-order chi connectivity index (χ1) is 9.55. The zero-order valence-corrected chi connectivity index (χ0v) is 11.0. The van der Waals surface area contributed by atoms with Gasteiger partial charge in [0.05, 0.1) is 6.54 Å². The van der Waals surface area contributed by atoms with Crippen LogP contribution in [0.1, 0.15) is 12.0 Å². The molecule has 2 atom stereocenters. The molecule has 1 fully saturated rings. The van der Waals surface area contributed by atoms with Crippen LogP contribution in [0.15, 0.2) is 30.3 Å². The first-order valence-electron chi connectivity index (χ1n) is 6.43. The van der Waals surface area contributed by atoms with Gasteiger partial charge in [0.1, 0.15) is 25.1 Å². The van der Waals surface area contributed by atoms with Gasteiger partial charge in [0.15, 0.2) is 0 Å². The summed E-state index contributed by atoms with van der Waals surface area (Å²) in [5.41, 5.74) is -1.15. The van der Waals surface area contributed by atoms with E-state index in [1.54, 1.807) is 0 Å². The van der Waals surface area contributed by atoms with E-state index < -0.39 is 24.5 Å². The molecule has 0 unspecified atom stereocenters. The van der Waals surface area contributed by atoms with E-state index >= 15 is 0 Å². The summed E-state index contributed by atoms with van der Waals surface area (Å²) in [5, 5.41) is 9.63. The quantitative estimate of drug-likeness (QED) is 0.925. The Labute approximate surface area is 116 Å². The van der Waals surface area contributed by atoms with Crippen molar-refractivity contribution in [2.75, 3.05) is 19.8 Å². The fraction of sp³-hybridized carbons (Fsp3) is 0.500. The third kappa shape index (κ3) is 3.25. The summed E-state index contributed by atoms with van der Waals surface area (Å²) in [4.78, 5) is 12.9. The van der Waals surface area contributed by atoms with Gasteiger partial charge in [-0.05, 0) is 12.0 Å². The number of rotatable bonds is 3. The minimum absolute atomic E-state index is 0.0778. The Morgan fingerprint density at radius 2 is 2.15 bits per heavy atom. The highest BCUT2D eigenvalue weighted by Crippen LogP contribution is 2.26. The molecule has 1 heterocycles. The van der Waals surface area contributed by atoms with Gasteiger partial charge in [-0.25, -0.2) is 13.6 Å². The lowest BCUT2D eigenvalue weighted by molar-refractivity contribution is -0.0934. The number of hydrogen-bond acceptors (Lipinski definition) is 3. The van der Waals surface area contributed by atoms with E-state index in [-0.39, 0.29) is 26.1 Å². The van der Waals surface area contributed by atoms with Crippen LogP contribution in [-0.2, 0) is 11.3 Å². The molecule has 0 bridgehead atoms. The summed E-state index contributed by atoms with van der Waals surface area (Å²) in [6.45, 7) is -1.33. The number of likely N-dealkylation sites (tertiary alicyclic amines) is 1. The molecule has 1 aliphatic rings. The molecular formula is C14H17F2NO3.